The van der Waals surface area contributed by atoms with E-state index < -0.39 is 11.8 Å². The zero-order valence-electron chi connectivity index (χ0n) is 9.33. The number of primary amides is 2. The second-order valence-electron chi connectivity index (χ2n) is 3.62. The largest absolute Gasteiger partial charge is 0.366 e. The molecule has 0 radical (unpaired) electrons. The van der Waals surface area contributed by atoms with Crippen molar-refractivity contribution in [3.05, 3.63) is 48.0 Å². The molecule has 0 fully saturated rings. The molecule has 2 aromatic rings. The second kappa shape index (κ2) is 4.62. The molecule has 18 heavy (non-hydrogen) atoms. The Bertz CT molecular complexity index is 569. The van der Waals surface area contributed by atoms with Crippen LogP contribution in [0.15, 0.2) is 36.8 Å². The molecule has 0 spiro atoms. The summed E-state index contributed by atoms with van der Waals surface area (Å²) in [5.41, 5.74) is 12.1. The van der Waals surface area contributed by atoms with Gasteiger partial charge < -0.3 is 11.5 Å². The fourth-order valence-electron chi connectivity index (χ4n) is 1.48. The minimum absolute atomic E-state index is 0.150. The SMILES string of the molecule is NC(=O)c1cncc(-c2ccnc(C(N)=O)c2)c1. The molecule has 2 aromatic heterocycles. The zero-order chi connectivity index (χ0) is 13.1. The van der Waals surface area contributed by atoms with Gasteiger partial charge in [0.25, 0.3) is 5.91 Å². The normalized spacial score (nSPS) is 10.0. The molecular weight excluding hydrogens is 232 g/mol. The van der Waals surface area contributed by atoms with Crippen LogP contribution in [0.2, 0.25) is 0 Å². The van der Waals surface area contributed by atoms with Gasteiger partial charge in [0.2, 0.25) is 5.91 Å². The van der Waals surface area contributed by atoms with E-state index in [0.717, 1.165) is 0 Å². The Labute approximate surface area is 103 Å². The highest BCUT2D eigenvalue weighted by Crippen LogP contribution is 2.19. The van der Waals surface area contributed by atoms with E-state index in [1.54, 1.807) is 18.3 Å². The van der Waals surface area contributed by atoms with E-state index in [9.17, 15) is 9.59 Å². The molecule has 0 unspecified atom stereocenters. The third-order valence-electron chi connectivity index (χ3n) is 2.37. The zero-order valence-corrected chi connectivity index (χ0v) is 9.33. The van der Waals surface area contributed by atoms with E-state index in [-0.39, 0.29) is 5.69 Å². The average Bonchev–Trinajstić information content (AvgIpc) is 2.39. The number of amides is 2. The van der Waals surface area contributed by atoms with Crippen LogP contribution in [0, 0.1) is 0 Å². The van der Waals surface area contributed by atoms with Gasteiger partial charge in [0, 0.05) is 24.2 Å². The van der Waals surface area contributed by atoms with E-state index in [1.807, 2.05) is 0 Å². The van der Waals surface area contributed by atoms with Crippen molar-refractivity contribution in [2.75, 3.05) is 0 Å². The van der Waals surface area contributed by atoms with Gasteiger partial charge in [-0.15, -0.1) is 0 Å². The highest BCUT2D eigenvalue weighted by molar-refractivity contribution is 5.94. The predicted molar refractivity (Wildman–Crippen MR) is 64.5 cm³/mol. The van der Waals surface area contributed by atoms with Crippen molar-refractivity contribution in [3.63, 3.8) is 0 Å². The summed E-state index contributed by atoms with van der Waals surface area (Å²) in [6.07, 6.45) is 4.40. The van der Waals surface area contributed by atoms with Crippen LogP contribution in [0.4, 0.5) is 0 Å². The summed E-state index contributed by atoms with van der Waals surface area (Å²) in [6, 6.07) is 4.81. The van der Waals surface area contributed by atoms with E-state index in [4.69, 9.17) is 11.5 Å². The van der Waals surface area contributed by atoms with Crippen LogP contribution >= 0.6 is 0 Å². The molecule has 0 aromatic carbocycles. The maximum atomic E-state index is 11.1. The number of rotatable bonds is 3. The summed E-state index contributed by atoms with van der Waals surface area (Å²) in [6.45, 7) is 0. The van der Waals surface area contributed by atoms with E-state index in [0.29, 0.717) is 16.7 Å². The molecule has 0 aliphatic rings. The molecule has 0 saturated heterocycles. The number of aromatic nitrogens is 2. The topological polar surface area (TPSA) is 112 Å². The van der Waals surface area contributed by atoms with E-state index >= 15 is 0 Å². The maximum Gasteiger partial charge on any atom is 0.267 e. The molecule has 4 N–H and O–H groups in total. The van der Waals surface area contributed by atoms with Crippen LogP contribution in [0.3, 0.4) is 0 Å². The van der Waals surface area contributed by atoms with Gasteiger partial charge >= 0.3 is 0 Å². The molecule has 0 saturated carbocycles. The monoisotopic (exact) mass is 242 g/mol. The van der Waals surface area contributed by atoms with Crippen molar-refractivity contribution in [2.24, 2.45) is 11.5 Å². The molecule has 2 amide bonds. The van der Waals surface area contributed by atoms with Crippen molar-refractivity contribution in [2.45, 2.75) is 0 Å². The minimum atomic E-state index is -0.615. The summed E-state index contributed by atoms with van der Waals surface area (Å²) in [4.78, 5) is 29.8. The molecule has 0 atom stereocenters. The summed E-state index contributed by atoms with van der Waals surface area (Å²) in [7, 11) is 0. The van der Waals surface area contributed by atoms with Crippen LogP contribution < -0.4 is 11.5 Å². The molecule has 2 rings (SSSR count). The first-order chi connectivity index (χ1) is 8.58. The van der Waals surface area contributed by atoms with Crippen LogP contribution in [-0.2, 0) is 0 Å². The smallest absolute Gasteiger partial charge is 0.267 e. The highest BCUT2D eigenvalue weighted by Gasteiger charge is 2.07. The van der Waals surface area contributed by atoms with Gasteiger partial charge in [0.15, 0.2) is 0 Å². The fraction of sp³-hybridized carbons (Fsp3) is 0. The Hall–Kier alpha value is -2.76. The second-order valence-corrected chi connectivity index (χ2v) is 3.62. The van der Waals surface area contributed by atoms with Crippen molar-refractivity contribution < 1.29 is 9.59 Å². The van der Waals surface area contributed by atoms with Crippen LogP contribution in [0.5, 0.6) is 0 Å². The van der Waals surface area contributed by atoms with Crippen LogP contribution in [0.25, 0.3) is 11.1 Å². The molecule has 0 aliphatic heterocycles. The van der Waals surface area contributed by atoms with Gasteiger partial charge in [-0.25, -0.2) is 0 Å². The number of carbonyl (C=O) groups excluding carboxylic acids is 2. The number of nitrogens with zero attached hydrogens (tertiary/aromatic N) is 2. The average molecular weight is 242 g/mol. The van der Waals surface area contributed by atoms with Crippen LogP contribution in [-0.4, -0.2) is 21.8 Å². The van der Waals surface area contributed by atoms with Crippen LogP contribution in [0.1, 0.15) is 20.8 Å². The van der Waals surface area contributed by atoms with Crippen molar-refractivity contribution in [1.29, 1.82) is 0 Å². The lowest BCUT2D eigenvalue weighted by molar-refractivity contribution is 0.0989. The number of nitrogens with two attached hydrogens (primary N) is 2. The third kappa shape index (κ3) is 2.32. The quantitative estimate of drug-likeness (QED) is 0.808. The Morgan fingerprint density at radius 2 is 1.78 bits per heavy atom. The number of hydrogen-bond donors (Lipinski definition) is 2. The molecule has 2 heterocycles. The molecule has 6 nitrogen and oxygen atoms in total. The van der Waals surface area contributed by atoms with Crippen molar-refractivity contribution >= 4 is 11.8 Å². The van der Waals surface area contributed by atoms with Gasteiger partial charge in [-0.2, -0.15) is 0 Å². The third-order valence-corrected chi connectivity index (χ3v) is 2.37. The summed E-state index contributed by atoms with van der Waals surface area (Å²) in [5.74, 6) is -1.18. The number of hydrogen-bond acceptors (Lipinski definition) is 4. The maximum absolute atomic E-state index is 11.1. The van der Waals surface area contributed by atoms with Gasteiger partial charge in [0.05, 0.1) is 5.56 Å². The predicted octanol–water partition coefficient (Wildman–Crippen LogP) is 0.341. The summed E-state index contributed by atoms with van der Waals surface area (Å²) in [5, 5.41) is 0. The van der Waals surface area contributed by atoms with Gasteiger partial charge in [0.1, 0.15) is 5.69 Å². The lowest BCUT2D eigenvalue weighted by atomic mass is 10.1. The minimum Gasteiger partial charge on any atom is -0.366 e. The highest BCUT2D eigenvalue weighted by atomic mass is 16.1. The Kier molecular flexibility index (Phi) is 3.01. The first-order valence-corrected chi connectivity index (χ1v) is 5.09. The van der Waals surface area contributed by atoms with E-state index in [2.05, 4.69) is 9.97 Å². The van der Waals surface area contributed by atoms with Gasteiger partial charge in [-0.3, -0.25) is 19.6 Å². The Balaban J connectivity index is 2.48. The summed E-state index contributed by atoms with van der Waals surface area (Å²) >= 11 is 0. The summed E-state index contributed by atoms with van der Waals surface area (Å²) < 4.78 is 0. The van der Waals surface area contributed by atoms with Gasteiger partial charge in [-0.05, 0) is 23.8 Å². The van der Waals surface area contributed by atoms with Crippen molar-refractivity contribution in [1.82, 2.24) is 9.97 Å². The molecular formula is C12H10N4O2. The van der Waals surface area contributed by atoms with Crippen molar-refractivity contribution in [3.8, 4) is 11.1 Å². The number of carbonyl (C=O) groups is 2. The Morgan fingerprint density at radius 3 is 2.44 bits per heavy atom. The Morgan fingerprint density at radius 1 is 1.00 bits per heavy atom. The first-order valence-electron chi connectivity index (χ1n) is 5.09. The lowest BCUT2D eigenvalue weighted by Crippen LogP contribution is -2.13. The lowest BCUT2D eigenvalue weighted by Gasteiger charge is -2.03. The van der Waals surface area contributed by atoms with E-state index in [1.165, 1.54) is 18.5 Å². The number of pyridine rings is 2. The fourth-order valence-corrected chi connectivity index (χ4v) is 1.48. The molecule has 90 valence electrons. The van der Waals surface area contributed by atoms with Gasteiger partial charge in [-0.1, -0.05) is 0 Å². The first kappa shape index (κ1) is 11.7. The molecule has 0 aliphatic carbocycles. The standard InChI is InChI=1S/C12H10N4O2/c13-11(17)9-3-8(5-15-6-9)7-1-2-16-10(4-7)12(14)18/h1-6H,(H2,13,17)(H2,14,18). The molecule has 6 heteroatoms. The molecule has 0 bridgehead atoms.